The van der Waals surface area contributed by atoms with Gasteiger partial charge in [-0.05, 0) is 30.9 Å². The van der Waals surface area contributed by atoms with Gasteiger partial charge in [0.25, 0.3) is 0 Å². The van der Waals surface area contributed by atoms with E-state index in [2.05, 4.69) is 43.0 Å². The second-order valence-electron chi connectivity index (χ2n) is 5.44. The molecule has 1 aromatic rings. The summed E-state index contributed by atoms with van der Waals surface area (Å²) in [4.78, 5) is 2.64. The molecule has 3 rings (SSSR count). The van der Waals surface area contributed by atoms with Crippen LogP contribution in [0.25, 0.3) is 0 Å². The second kappa shape index (κ2) is 3.01. The minimum absolute atomic E-state index is 0.344. The van der Waals surface area contributed by atoms with Gasteiger partial charge in [0.05, 0.1) is 0 Å². The Bertz CT molecular complexity index is 381. The molecule has 15 heavy (non-hydrogen) atoms. The van der Waals surface area contributed by atoms with Crippen molar-refractivity contribution in [2.45, 2.75) is 44.6 Å². The van der Waals surface area contributed by atoms with E-state index in [1.807, 2.05) is 0 Å². The summed E-state index contributed by atoms with van der Waals surface area (Å²) < 4.78 is 0. The lowest BCUT2D eigenvalue weighted by Crippen LogP contribution is -2.44. The lowest BCUT2D eigenvalue weighted by atomic mass is 9.78. The molecule has 0 aliphatic carbocycles. The Labute approximate surface area is 92.1 Å². The van der Waals surface area contributed by atoms with Gasteiger partial charge in [-0.1, -0.05) is 32.0 Å². The first-order chi connectivity index (χ1) is 7.21. The average Bonchev–Trinajstić information content (AvgIpc) is 2.51. The van der Waals surface area contributed by atoms with Gasteiger partial charge in [-0.2, -0.15) is 0 Å². The van der Waals surface area contributed by atoms with Crippen molar-refractivity contribution in [1.29, 1.82) is 0 Å². The molecular formula is C14H19N. The quantitative estimate of drug-likeness (QED) is 0.622. The highest BCUT2D eigenvalue weighted by Crippen LogP contribution is 2.48. The molecular weight excluding hydrogens is 182 g/mol. The standard InChI is InChI=1S/C14H19N/c1-14(2)11-7-3-4-8-12(11)15-10-6-5-9-13(14)15/h3-4,7-8,13H,5-6,9-10H2,1-2H3. The van der Waals surface area contributed by atoms with E-state index in [-0.39, 0.29) is 0 Å². The molecule has 2 aliphatic rings. The number of anilines is 1. The van der Waals surface area contributed by atoms with Crippen molar-refractivity contribution in [2.24, 2.45) is 0 Å². The van der Waals surface area contributed by atoms with Crippen molar-refractivity contribution in [3.63, 3.8) is 0 Å². The van der Waals surface area contributed by atoms with Crippen molar-refractivity contribution >= 4 is 5.69 Å². The topological polar surface area (TPSA) is 3.24 Å². The number of piperidine rings is 1. The molecule has 0 radical (unpaired) electrons. The van der Waals surface area contributed by atoms with Gasteiger partial charge in [0.15, 0.2) is 0 Å². The fourth-order valence-corrected chi connectivity index (χ4v) is 3.42. The molecule has 0 spiro atoms. The van der Waals surface area contributed by atoms with E-state index in [1.165, 1.54) is 31.5 Å². The van der Waals surface area contributed by atoms with E-state index >= 15 is 0 Å². The number of nitrogens with zero attached hydrogens (tertiary/aromatic N) is 1. The third-order valence-electron chi connectivity index (χ3n) is 4.24. The Balaban J connectivity index is 2.13. The SMILES string of the molecule is CC1(C)c2ccccc2N2CCCCC21. The summed E-state index contributed by atoms with van der Waals surface area (Å²) in [6, 6.07) is 9.70. The average molecular weight is 201 g/mol. The summed E-state index contributed by atoms with van der Waals surface area (Å²) >= 11 is 0. The summed E-state index contributed by atoms with van der Waals surface area (Å²) in [5.74, 6) is 0. The Kier molecular flexibility index (Phi) is 1.86. The minimum atomic E-state index is 0.344. The van der Waals surface area contributed by atoms with Crippen molar-refractivity contribution in [3.8, 4) is 0 Å². The first-order valence-corrected chi connectivity index (χ1v) is 6.07. The van der Waals surface area contributed by atoms with Crippen LogP contribution in [0.15, 0.2) is 24.3 Å². The molecule has 2 heterocycles. The Hall–Kier alpha value is -0.980. The van der Waals surface area contributed by atoms with Gasteiger partial charge in [-0.3, -0.25) is 0 Å². The molecule has 1 heteroatoms. The third kappa shape index (κ3) is 1.15. The molecule has 0 saturated carbocycles. The lowest BCUT2D eigenvalue weighted by molar-refractivity contribution is 0.353. The van der Waals surface area contributed by atoms with Gasteiger partial charge >= 0.3 is 0 Å². The van der Waals surface area contributed by atoms with Crippen LogP contribution in [0.2, 0.25) is 0 Å². The van der Waals surface area contributed by atoms with Gasteiger partial charge in [-0.25, -0.2) is 0 Å². The van der Waals surface area contributed by atoms with Gasteiger partial charge < -0.3 is 4.90 Å². The molecule has 80 valence electrons. The molecule has 0 aromatic heterocycles. The second-order valence-corrected chi connectivity index (χ2v) is 5.44. The van der Waals surface area contributed by atoms with Crippen LogP contribution in [0.5, 0.6) is 0 Å². The van der Waals surface area contributed by atoms with Crippen molar-refractivity contribution in [1.82, 2.24) is 0 Å². The summed E-state index contributed by atoms with van der Waals surface area (Å²) in [7, 11) is 0. The monoisotopic (exact) mass is 201 g/mol. The van der Waals surface area contributed by atoms with Crippen LogP contribution in [0.3, 0.4) is 0 Å². The summed E-state index contributed by atoms with van der Waals surface area (Å²) in [6.45, 7) is 6.06. The molecule has 1 saturated heterocycles. The van der Waals surface area contributed by atoms with Crippen molar-refractivity contribution in [3.05, 3.63) is 29.8 Å². The lowest BCUT2D eigenvalue weighted by Gasteiger charge is -2.38. The zero-order valence-electron chi connectivity index (χ0n) is 9.66. The fraction of sp³-hybridized carbons (Fsp3) is 0.571. The van der Waals surface area contributed by atoms with Gasteiger partial charge in [0.2, 0.25) is 0 Å². The third-order valence-corrected chi connectivity index (χ3v) is 4.24. The van der Waals surface area contributed by atoms with Crippen LogP contribution >= 0.6 is 0 Å². The van der Waals surface area contributed by atoms with Gasteiger partial charge in [0.1, 0.15) is 0 Å². The zero-order valence-corrected chi connectivity index (χ0v) is 9.66. The molecule has 0 amide bonds. The molecule has 0 N–H and O–H groups in total. The first kappa shape index (κ1) is 9.26. The number of benzene rings is 1. The minimum Gasteiger partial charge on any atom is -0.367 e. The van der Waals surface area contributed by atoms with Crippen molar-refractivity contribution in [2.75, 3.05) is 11.4 Å². The van der Waals surface area contributed by atoms with Crippen LogP contribution in [0, 0.1) is 0 Å². The van der Waals surface area contributed by atoms with Gasteiger partial charge in [-0.15, -0.1) is 0 Å². The molecule has 1 nitrogen and oxygen atoms in total. The maximum Gasteiger partial charge on any atom is 0.0407 e. The highest BCUT2D eigenvalue weighted by Gasteiger charge is 2.44. The predicted molar refractivity (Wildman–Crippen MR) is 64.5 cm³/mol. The predicted octanol–water partition coefficient (Wildman–Crippen LogP) is 3.34. The van der Waals surface area contributed by atoms with E-state index in [4.69, 9.17) is 0 Å². The molecule has 1 aromatic carbocycles. The number of para-hydroxylation sites is 1. The molecule has 1 atom stereocenters. The van der Waals surface area contributed by atoms with Crippen LogP contribution in [-0.4, -0.2) is 12.6 Å². The Morgan fingerprint density at radius 2 is 2.00 bits per heavy atom. The summed E-state index contributed by atoms with van der Waals surface area (Å²) in [5, 5.41) is 0. The summed E-state index contributed by atoms with van der Waals surface area (Å²) in [5.41, 5.74) is 3.39. The molecule has 2 aliphatic heterocycles. The van der Waals surface area contributed by atoms with Gasteiger partial charge in [0, 0.05) is 23.7 Å². The van der Waals surface area contributed by atoms with Crippen LogP contribution < -0.4 is 4.90 Å². The first-order valence-electron chi connectivity index (χ1n) is 6.07. The highest BCUT2D eigenvalue weighted by molar-refractivity contribution is 5.64. The van der Waals surface area contributed by atoms with Crippen LogP contribution in [0.4, 0.5) is 5.69 Å². The molecule has 1 unspecified atom stereocenters. The van der Waals surface area contributed by atoms with E-state index in [1.54, 1.807) is 5.56 Å². The number of rotatable bonds is 0. The largest absolute Gasteiger partial charge is 0.367 e. The maximum atomic E-state index is 2.64. The summed E-state index contributed by atoms with van der Waals surface area (Å²) in [6.07, 6.45) is 4.13. The smallest absolute Gasteiger partial charge is 0.0407 e. The maximum absolute atomic E-state index is 2.64. The number of hydrogen-bond acceptors (Lipinski definition) is 1. The highest BCUT2D eigenvalue weighted by atomic mass is 15.2. The fourth-order valence-electron chi connectivity index (χ4n) is 3.42. The van der Waals surface area contributed by atoms with E-state index < -0.39 is 0 Å². The normalized spacial score (nSPS) is 27.3. The van der Waals surface area contributed by atoms with Crippen LogP contribution in [-0.2, 0) is 5.41 Å². The van der Waals surface area contributed by atoms with E-state index in [0.29, 0.717) is 5.41 Å². The number of hydrogen-bond donors (Lipinski definition) is 0. The Morgan fingerprint density at radius 1 is 1.20 bits per heavy atom. The van der Waals surface area contributed by atoms with Crippen LogP contribution in [0.1, 0.15) is 38.7 Å². The number of fused-ring (bicyclic) bond motifs is 3. The Morgan fingerprint density at radius 3 is 2.87 bits per heavy atom. The zero-order chi connectivity index (χ0) is 10.5. The van der Waals surface area contributed by atoms with E-state index in [9.17, 15) is 0 Å². The molecule has 0 bridgehead atoms. The van der Waals surface area contributed by atoms with Crippen molar-refractivity contribution < 1.29 is 0 Å². The molecule has 1 fully saturated rings. The van der Waals surface area contributed by atoms with E-state index in [0.717, 1.165) is 6.04 Å².